The number of amides is 1. The highest BCUT2D eigenvalue weighted by molar-refractivity contribution is 7.45. The Balaban J connectivity index is 5.30. The van der Waals surface area contributed by atoms with Crippen LogP contribution in [0.3, 0.4) is 0 Å². The molecule has 0 fully saturated rings. The third kappa shape index (κ3) is 52.6. The zero-order valence-corrected chi connectivity index (χ0v) is 48.3. The molecular formula is C61H115N2O7P. The first kappa shape index (κ1) is 69.0. The van der Waals surface area contributed by atoms with E-state index in [1.54, 1.807) is 0 Å². The summed E-state index contributed by atoms with van der Waals surface area (Å²) < 4.78 is 30.3. The third-order valence-electron chi connectivity index (χ3n) is 13.3. The lowest BCUT2D eigenvalue weighted by Gasteiger charge is -2.30. The molecule has 0 aliphatic heterocycles. The predicted octanol–water partition coefficient (Wildman–Crippen LogP) is 17.5. The second-order valence-electron chi connectivity index (χ2n) is 21.5. The molecule has 71 heavy (non-hydrogen) atoms. The molecule has 0 spiro atoms. The van der Waals surface area contributed by atoms with Gasteiger partial charge in [0.05, 0.1) is 33.8 Å². The molecule has 0 aromatic rings. The van der Waals surface area contributed by atoms with E-state index in [0.29, 0.717) is 17.4 Å². The number of unbranched alkanes of at least 4 members (excludes halogenated alkanes) is 32. The van der Waals surface area contributed by atoms with Gasteiger partial charge in [0.15, 0.2) is 0 Å². The van der Waals surface area contributed by atoms with Gasteiger partial charge in [0.1, 0.15) is 19.3 Å². The average Bonchev–Trinajstić information content (AvgIpc) is 3.33. The average molecular weight is 1020 g/mol. The second-order valence-corrected chi connectivity index (χ2v) is 22.9. The van der Waals surface area contributed by atoms with Crippen molar-refractivity contribution in [2.45, 2.75) is 290 Å². The number of carbonyl (C=O) groups is 2. The Morgan fingerprint density at radius 2 is 0.901 bits per heavy atom. The Morgan fingerprint density at radius 3 is 1.35 bits per heavy atom. The molecule has 416 valence electrons. The number of rotatable bonds is 54. The first-order chi connectivity index (χ1) is 34.4. The number of esters is 1. The van der Waals surface area contributed by atoms with Gasteiger partial charge in [0, 0.05) is 12.8 Å². The number of quaternary nitrogens is 1. The van der Waals surface area contributed by atoms with E-state index < -0.39 is 26.6 Å². The summed E-state index contributed by atoms with van der Waals surface area (Å²) in [7, 11) is 1.18. The minimum atomic E-state index is -4.70. The maximum atomic E-state index is 13.5. The number of nitrogens with zero attached hydrogens (tertiary/aromatic N) is 1. The van der Waals surface area contributed by atoms with E-state index in [0.717, 1.165) is 103 Å². The highest BCUT2D eigenvalue weighted by Crippen LogP contribution is 2.38. The zero-order chi connectivity index (χ0) is 52.2. The van der Waals surface area contributed by atoms with Gasteiger partial charge in [-0.15, -0.1) is 0 Å². The highest BCUT2D eigenvalue weighted by Gasteiger charge is 2.27. The molecule has 0 rings (SSSR count). The number of nitrogens with one attached hydrogen (secondary N) is 1. The van der Waals surface area contributed by atoms with Crippen LogP contribution in [0.25, 0.3) is 0 Å². The minimum absolute atomic E-state index is 0.0242. The maximum Gasteiger partial charge on any atom is 0.306 e. The summed E-state index contributed by atoms with van der Waals surface area (Å²) in [5, 5.41) is 3.02. The van der Waals surface area contributed by atoms with Gasteiger partial charge >= 0.3 is 5.97 Å². The molecular weight excluding hydrogens is 904 g/mol. The summed E-state index contributed by atoms with van der Waals surface area (Å²) in [5.74, 6) is -0.547. The largest absolute Gasteiger partial charge is 0.756 e. The van der Waals surface area contributed by atoms with Crippen LogP contribution in [0, 0.1) is 0 Å². The molecule has 3 unspecified atom stereocenters. The molecule has 0 saturated heterocycles. The SMILES string of the molecule is CC/C=C/C/C=C/C/C=C/CCCCCCCCC(=O)NC(COP(=O)([O-])OCC[N+](C)(C)C)C(/C=C/CCCCCCCCCCCC)OC(=O)CCCCCCCCCCCCCCCCCCC. The number of allylic oxidation sites excluding steroid dienone is 7. The number of hydrogen-bond donors (Lipinski definition) is 1. The number of phosphoric acid groups is 1. The van der Waals surface area contributed by atoms with Crippen LogP contribution < -0.4 is 10.2 Å². The molecule has 0 aromatic heterocycles. The quantitative estimate of drug-likeness (QED) is 0.0212. The summed E-state index contributed by atoms with van der Waals surface area (Å²) >= 11 is 0. The van der Waals surface area contributed by atoms with Gasteiger partial charge in [0.2, 0.25) is 5.91 Å². The Hall–Kier alpha value is -2.03. The van der Waals surface area contributed by atoms with Gasteiger partial charge in [-0.05, 0) is 63.9 Å². The van der Waals surface area contributed by atoms with Crippen molar-refractivity contribution in [3.63, 3.8) is 0 Å². The van der Waals surface area contributed by atoms with Crippen molar-refractivity contribution in [1.29, 1.82) is 0 Å². The normalized spacial score (nSPS) is 14.1. The van der Waals surface area contributed by atoms with Crippen molar-refractivity contribution in [3.05, 3.63) is 48.6 Å². The molecule has 0 aliphatic rings. The fourth-order valence-electron chi connectivity index (χ4n) is 8.65. The fraction of sp³-hybridized carbons (Fsp3) is 0.836. The molecule has 0 bridgehead atoms. The maximum absolute atomic E-state index is 13.5. The van der Waals surface area contributed by atoms with Crippen LogP contribution in [0.5, 0.6) is 0 Å². The van der Waals surface area contributed by atoms with Gasteiger partial charge in [-0.3, -0.25) is 14.2 Å². The van der Waals surface area contributed by atoms with E-state index in [-0.39, 0.29) is 24.9 Å². The second kappa shape index (κ2) is 51.5. The van der Waals surface area contributed by atoms with E-state index >= 15 is 0 Å². The predicted molar refractivity (Wildman–Crippen MR) is 302 cm³/mol. The lowest BCUT2D eigenvalue weighted by Crippen LogP contribution is -2.47. The smallest absolute Gasteiger partial charge is 0.306 e. The summed E-state index contributed by atoms with van der Waals surface area (Å²) in [6.07, 6.45) is 62.1. The molecule has 0 aliphatic carbocycles. The van der Waals surface area contributed by atoms with Crippen molar-refractivity contribution >= 4 is 19.7 Å². The molecule has 9 nitrogen and oxygen atoms in total. The Bertz CT molecular complexity index is 1360. The minimum Gasteiger partial charge on any atom is -0.756 e. The van der Waals surface area contributed by atoms with Crippen LogP contribution in [0.1, 0.15) is 278 Å². The third-order valence-corrected chi connectivity index (χ3v) is 14.2. The van der Waals surface area contributed by atoms with E-state index in [9.17, 15) is 19.0 Å². The van der Waals surface area contributed by atoms with Crippen LogP contribution in [0.2, 0.25) is 0 Å². The standard InChI is InChI=1S/C61H115N2O7P/c1-7-10-13-16-19-22-25-28-30-32-34-36-39-42-45-48-51-54-61(65)70-59(52-49-46-43-40-37-27-24-21-18-15-12-9-3)58(57-69-71(66,67)68-56-55-63(4,5)6)62-60(64)53-50-47-44-41-38-35-33-31-29-26-23-20-17-14-11-8-2/h11,14,20,23,29,31,49,52,58-59H,7-10,12-13,15-19,21-22,24-28,30,32-48,50-51,53-57H2,1-6H3,(H-,62,64,66,67)/b14-11+,23-20+,31-29+,52-49+. The lowest BCUT2D eigenvalue weighted by atomic mass is 10.0. The van der Waals surface area contributed by atoms with E-state index in [2.05, 4.69) is 62.5 Å². The van der Waals surface area contributed by atoms with E-state index in [1.807, 2.05) is 33.3 Å². The van der Waals surface area contributed by atoms with Crippen LogP contribution in [-0.4, -0.2) is 69.4 Å². The van der Waals surface area contributed by atoms with Crippen molar-refractivity contribution in [1.82, 2.24) is 5.32 Å². The number of carbonyl (C=O) groups excluding carboxylic acids is 2. The van der Waals surface area contributed by atoms with Gasteiger partial charge in [-0.2, -0.15) is 0 Å². The monoisotopic (exact) mass is 1020 g/mol. The number of ether oxygens (including phenoxy) is 1. The van der Waals surface area contributed by atoms with Gasteiger partial charge in [-0.25, -0.2) is 0 Å². The summed E-state index contributed by atoms with van der Waals surface area (Å²) in [4.78, 5) is 39.9. The van der Waals surface area contributed by atoms with Crippen molar-refractivity contribution in [2.75, 3.05) is 40.9 Å². The topological polar surface area (TPSA) is 114 Å². The lowest BCUT2D eigenvalue weighted by molar-refractivity contribution is -0.870. The van der Waals surface area contributed by atoms with E-state index in [1.165, 1.54) is 141 Å². The molecule has 10 heteroatoms. The molecule has 1 amide bonds. The Morgan fingerprint density at radius 1 is 0.507 bits per heavy atom. The molecule has 0 saturated carbocycles. The Kier molecular flexibility index (Phi) is 50.0. The summed E-state index contributed by atoms with van der Waals surface area (Å²) in [6.45, 7) is 6.74. The number of hydrogen-bond acceptors (Lipinski definition) is 7. The van der Waals surface area contributed by atoms with Crippen LogP contribution in [-0.2, 0) is 27.9 Å². The van der Waals surface area contributed by atoms with E-state index in [4.69, 9.17) is 13.8 Å². The fourth-order valence-corrected chi connectivity index (χ4v) is 9.38. The molecule has 3 atom stereocenters. The van der Waals surface area contributed by atoms with Crippen molar-refractivity contribution in [2.24, 2.45) is 0 Å². The first-order valence-electron chi connectivity index (χ1n) is 29.9. The zero-order valence-electron chi connectivity index (χ0n) is 47.4. The summed E-state index contributed by atoms with van der Waals surface area (Å²) in [5.41, 5.74) is 0. The van der Waals surface area contributed by atoms with Gasteiger partial charge in [-0.1, -0.05) is 250 Å². The van der Waals surface area contributed by atoms with Crippen LogP contribution in [0.15, 0.2) is 48.6 Å². The number of likely N-dealkylation sites (N-methyl/N-ethyl adjacent to an activating group) is 1. The molecule has 1 N–H and O–H groups in total. The Labute approximate surface area is 439 Å². The van der Waals surface area contributed by atoms with Crippen LogP contribution >= 0.6 is 7.82 Å². The number of phosphoric ester groups is 1. The van der Waals surface area contributed by atoms with Gasteiger partial charge < -0.3 is 28.5 Å². The molecule has 0 heterocycles. The van der Waals surface area contributed by atoms with Crippen molar-refractivity contribution < 1.29 is 37.3 Å². The van der Waals surface area contributed by atoms with Crippen molar-refractivity contribution in [3.8, 4) is 0 Å². The van der Waals surface area contributed by atoms with Crippen LogP contribution in [0.4, 0.5) is 0 Å². The summed E-state index contributed by atoms with van der Waals surface area (Å²) in [6, 6.07) is -0.892. The molecule has 0 radical (unpaired) electrons. The van der Waals surface area contributed by atoms with Gasteiger partial charge in [0.25, 0.3) is 7.82 Å². The molecule has 0 aromatic carbocycles. The highest BCUT2D eigenvalue weighted by atomic mass is 31.2. The first-order valence-corrected chi connectivity index (χ1v) is 31.4.